The predicted molar refractivity (Wildman–Crippen MR) is 120 cm³/mol. The summed E-state index contributed by atoms with van der Waals surface area (Å²) in [5.41, 5.74) is 5.51. The molecular formula is C24H19Cl2N3. The van der Waals surface area contributed by atoms with E-state index in [0.717, 1.165) is 30.2 Å². The first-order chi connectivity index (χ1) is 14.2. The summed E-state index contributed by atoms with van der Waals surface area (Å²) in [7, 11) is 0. The zero-order valence-corrected chi connectivity index (χ0v) is 17.2. The summed E-state index contributed by atoms with van der Waals surface area (Å²) < 4.78 is 1.91. The fourth-order valence-electron chi connectivity index (χ4n) is 4.06. The van der Waals surface area contributed by atoms with Crippen LogP contribution in [0.4, 0.5) is 5.82 Å². The molecule has 0 amide bonds. The lowest BCUT2D eigenvalue weighted by Gasteiger charge is -2.17. The molecule has 0 radical (unpaired) electrons. The van der Waals surface area contributed by atoms with Crippen LogP contribution in [0, 0.1) is 0 Å². The summed E-state index contributed by atoms with van der Waals surface area (Å²) in [6, 6.07) is 26.7. The van der Waals surface area contributed by atoms with Gasteiger partial charge in [-0.1, -0.05) is 89.9 Å². The molecule has 4 aromatic rings. The molecular weight excluding hydrogens is 401 g/mol. The molecule has 0 saturated carbocycles. The highest BCUT2D eigenvalue weighted by Gasteiger charge is 2.30. The third-order valence-electron chi connectivity index (χ3n) is 5.38. The Kier molecular flexibility index (Phi) is 4.78. The molecule has 0 saturated heterocycles. The summed E-state index contributed by atoms with van der Waals surface area (Å²) in [5.74, 6) is 1.05. The van der Waals surface area contributed by atoms with Crippen molar-refractivity contribution in [2.75, 3.05) is 11.9 Å². The number of benzene rings is 3. The SMILES string of the molecule is Clc1cccc(-n2nc(C(c3ccccc3)c3ccccc3)c3c2NCC3)c1Cl. The van der Waals surface area contributed by atoms with Crippen LogP contribution >= 0.6 is 23.2 Å². The van der Waals surface area contributed by atoms with E-state index in [4.69, 9.17) is 28.3 Å². The maximum Gasteiger partial charge on any atom is 0.133 e. The van der Waals surface area contributed by atoms with E-state index >= 15 is 0 Å². The molecule has 1 aliphatic rings. The molecule has 1 aromatic heterocycles. The van der Waals surface area contributed by atoms with Crippen LogP contribution in [0.1, 0.15) is 28.3 Å². The Morgan fingerprint density at radius 1 is 0.828 bits per heavy atom. The molecule has 3 aromatic carbocycles. The smallest absolute Gasteiger partial charge is 0.133 e. The zero-order chi connectivity index (χ0) is 19.8. The van der Waals surface area contributed by atoms with Gasteiger partial charge >= 0.3 is 0 Å². The maximum atomic E-state index is 6.53. The quantitative estimate of drug-likeness (QED) is 0.418. The lowest BCUT2D eigenvalue weighted by Crippen LogP contribution is -2.09. The Balaban J connectivity index is 1.73. The lowest BCUT2D eigenvalue weighted by atomic mass is 9.86. The van der Waals surface area contributed by atoms with Crippen LogP contribution in [0.5, 0.6) is 0 Å². The number of fused-ring (bicyclic) bond motifs is 1. The van der Waals surface area contributed by atoms with Gasteiger partial charge in [0.15, 0.2) is 0 Å². The fraction of sp³-hybridized carbons (Fsp3) is 0.125. The first kappa shape index (κ1) is 18.3. The predicted octanol–water partition coefficient (Wildman–Crippen LogP) is 6.33. The third-order valence-corrected chi connectivity index (χ3v) is 6.19. The van der Waals surface area contributed by atoms with E-state index in [-0.39, 0.29) is 5.92 Å². The monoisotopic (exact) mass is 419 g/mol. The average Bonchev–Trinajstić information content (AvgIpc) is 3.36. The van der Waals surface area contributed by atoms with E-state index in [1.54, 1.807) is 6.07 Å². The van der Waals surface area contributed by atoms with Crippen molar-refractivity contribution in [3.63, 3.8) is 0 Å². The Morgan fingerprint density at radius 3 is 2.14 bits per heavy atom. The third kappa shape index (κ3) is 3.21. The highest BCUT2D eigenvalue weighted by molar-refractivity contribution is 6.43. The Morgan fingerprint density at radius 2 is 1.48 bits per heavy atom. The second-order valence-corrected chi connectivity index (χ2v) is 7.91. The molecule has 0 unspecified atom stereocenters. The number of nitrogens with one attached hydrogen (secondary N) is 1. The first-order valence-electron chi connectivity index (χ1n) is 9.64. The van der Waals surface area contributed by atoms with Gasteiger partial charge in [-0.05, 0) is 29.7 Å². The van der Waals surface area contributed by atoms with Crippen LogP contribution in [0.2, 0.25) is 10.0 Å². The molecule has 3 nitrogen and oxygen atoms in total. The van der Waals surface area contributed by atoms with E-state index < -0.39 is 0 Å². The normalized spacial score (nSPS) is 12.8. The molecule has 0 bridgehead atoms. The summed E-state index contributed by atoms with van der Waals surface area (Å²) in [4.78, 5) is 0. The van der Waals surface area contributed by atoms with Crippen molar-refractivity contribution in [2.24, 2.45) is 0 Å². The molecule has 5 heteroatoms. The summed E-state index contributed by atoms with van der Waals surface area (Å²) in [5, 5.41) is 9.59. The van der Waals surface area contributed by atoms with Crippen LogP contribution in [-0.4, -0.2) is 16.3 Å². The van der Waals surface area contributed by atoms with Crippen molar-refractivity contribution in [1.82, 2.24) is 9.78 Å². The van der Waals surface area contributed by atoms with Crippen LogP contribution in [0.25, 0.3) is 5.69 Å². The largest absolute Gasteiger partial charge is 0.369 e. The van der Waals surface area contributed by atoms with Crippen LogP contribution < -0.4 is 5.32 Å². The number of halogens is 2. The van der Waals surface area contributed by atoms with Gasteiger partial charge in [0.25, 0.3) is 0 Å². The van der Waals surface area contributed by atoms with Gasteiger partial charge in [0.1, 0.15) is 5.82 Å². The van der Waals surface area contributed by atoms with Crippen molar-refractivity contribution in [3.8, 4) is 5.69 Å². The minimum Gasteiger partial charge on any atom is -0.369 e. The number of nitrogens with zero attached hydrogens (tertiary/aromatic N) is 2. The molecule has 1 N–H and O–H groups in total. The van der Waals surface area contributed by atoms with Gasteiger partial charge in [-0.25, -0.2) is 4.68 Å². The Bertz CT molecular complexity index is 1110. The van der Waals surface area contributed by atoms with Crippen LogP contribution in [-0.2, 0) is 6.42 Å². The second-order valence-electron chi connectivity index (χ2n) is 7.13. The molecule has 5 rings (SSSR count). The molecule has 1 aliphatic heterocycles. The van der Waals surface area contributed by atoms with E-state index in [0.29, 0.717) is 10.0 Å². The van der Waals surface area contributed by atoms with Crippen LogP contribution in [0.3, 0.4) is 0 Å². The second kappa shape index (κ2) is 7.58. The van der Waals surface area contributed by atoms with Gasteiger partial charge in [0.2, 0.25) is 0 Å². The van der Waals surface area contributed by atoms with Gasteiger partial charge in [-0.15, -0.1) is 0 Å². The molecule has 2 heterocycles. The van der Waals surface area contributed by atoms with Gasteiger partial charge in [0.05, 0.1) is 27.3 Å². The van der Waals surface area contributed by atoms with Gasteiger partial charge < -0.3 is 5.32 Å². The average molecular weight is 420 g/mol. The minimum atomic E-state index is 0.0465. The van der Waals surface area contributed by atoms with Crippen molar-refractivity contribution < 1.29 is 0 Å². The summed E-state index contributed by atoms with van der Waals surface area (Å²) in [6.45, 7) is 0.884. The van der Waals surface area contributed by atoms with Crippen molar-refractivity contribution in [1.29, 1.82) is 0 Å². The van der Waals surface area contributed by atoms with Gasteiger partial charge in [-0.3, -0.25) is 0 Å². The summed E-state index contributed by atoms with van der Waals surface area (Å²) in [6.07, 6.45) is 0.930. The molecule has 29 heavy (non-hydrogen) atoms. The number of anilines is 1. The first-order valence-corrected chi connectivity index (χ1v) is 10.4. The zero-order valence-electron chi connectivity index (χ0n) is 15.6. The van der Waals surface area contributed by atoms with Gasteiger partial charge in [-0.2, -0.15) is 5.10 Å². The number of hydrogen-bond donors (Lipinski definition) is 1. The standard InChI is InChI=1S/C24H19Cl2N3/c25-19-12-7-13-20(22(19)26)29-24-18(14-15-27-24)23(28-29)21(16-8-3-1-4-9-16)17-10-5-2-6-11-17/h1-13,21,27H,14-15H2. The molecule has 0 aliphatic carbocycles. The lowest BCUT2D eigenvalue weighted by molar-refractivity contribution is 0.802. The molecule has 0 spiro atoms. The highest BCUT2D eigenvalue weighted by Crippen LogP contribution is 2.40. The Labute approximate surface area is 179 Å². The van der Waals surface area contributed by atoms with E-state index in [1.807, 2.05) is 28.9 Å². The van der Waals surface area contributed by atoms with Crippen LogP contribution in [0.15, 0.2) is 78.9 Å². The molecule has 0 atom stereocenters. The van der Waals surface area contributed by atoms with Crippen molar-refractivity contribution in [3.05, 3.63) is 111 Å². The number of rotatable bonds is 4. The summed E-state index contributed by atoms with van der Waals surface area (Å²) >= 11 is 12.8. The topological polar surface area (TPSA) is 29.9 Å². The Hall–Kier alpha value is -2.75. The number of hydrogen-bond acceptors (Lipinski definition) is 2. The van der Waals surface area contributed by atoms with Crippen molar-refractivity contribution >= 4 is 29.0 Å². The highest BCUT2D eigenvalue weighted by atomic mass is 35.5. The van der Waals surface area contributed by atoms with E-state index in [9.17, 15) is 0 Å². The molecule has 0 fully saturated rings. The number of aromatic nitrogens is 2. The van der Waals surface area contributed by atoms with Gasteiger partial charge in [0, 0.05) is 12.1 Å². The maximum absolute atomic E-state index is 6.53. The van der Waals surface area contributed by atoms with Crippen molar-refractivity contribution in [2.45, 2.75) is 12.3 Å². The minimum absolute atomic E-state index is 0.0465. The van der Waals surface area contributed by atoms with E-state index in [1.165, 1.54) is 16.7 Å². The molecule has 144 valence electrons. The fourth-order valence-corrected chi connectivity index (χ4v) is 4.44. The van der Waals surface area contributed by atoms with E-state index in [2.05, 4.69) is 53.8 Å².